The van der Waals surface area contributed by atoms with Crippen LogP contribution in [0.2, 0.25) is 0 Å². The molecule has 1 saturated carbocycles. The lowest BCUT2D eigenvalue weighted by Gasteiger charge is -2.32. The number of alkyl halides is 2. The van der Waals surface area contributed by atoms with Crippen molar-refractivity contribution in [2.75, 3.05) is 18.8 Å². The lowest BCUT2D eigenvalue weighted by molar-refractivity contribution is 0.0195. The molecular weight excluding hydrogens is 314 g/mol. The van der Waals surface area contributed by atoms with Crippen LogP contribution in [0.4, 0.5) is 19.3 Å². The molecule has 2 atom stereocenters. The molecule has 1 amide bonds. The van der Waals surface area contributed by atoms with E-state index in [9.17, 15) is 13.6 Å². The van der Waals surface area contributed by atoms with Crippen LogP contribution in [-0.2, 0) is 10.2 Å². The van der Waals surface area contributed by atoms with Gasteiger partial charge in [-0.15, -0.1) is 0 Å². The topological polar surface area (TPSA) is 55.6 Å². The molecule has 1 heterocycles. The van der Waals surface area contributed by atoms with Gasteiger partial charge >= 0.3 is 6.09 Å². The molecule has 1 aliphatic heterocycles. The van der Waals surface area contributed by atoms with Crippen LogP contribution < -0.4 is 5.73 Å². The Balaban J connectivity index is 1.82. The van der Waals surface area contributed by atoms with Crippen molar-refractivity contribution in [3.05, 3.63) is 29.3 Å². The van der Waals surface area contributed by atoms with Crippen molar-refractivity contribution in [3.63, 3.8) is 0 Å². The Bertz CT molecular complexity index is 684. The molecule has 1 aromatic rings. The number of hydrogen-bond acceptors (Lipinski definition) is 3. The summed E-state index contributed by atoms with van der Waals surface area (Å²) in [5.41, 5.74) is 6.02. The number of amides is 1. The number of nitrogens with two attached hydrogens (primary N) is 1. The standard InChI is InChI=1S/C18H24F2N2O2/c1-11-9-12(5-6-13(11)21)17-7-8-22(10-14(17)18(17,19)20)15(23)24-16(2,3)4/h5-6,9,14H,7-8,10,21H2,1-4H3/t14-,17-/m1/s1. The summed E-state index contributed by atoms with van der Waals surface area (Å²) in [6.07, 6.45) is -0.292. The van der Waals surface area contributed by atoms with E-state index < -0.39 is 28.9 Å². The van der Waals surface area contributed by atoms with Gasteiger partial charge in [-0.3, -0.25) is 0 Å². The van der Waals surface area contributed by atoms with E-state index in [0.29, 0.717) is 11.3 Å². The van der Waals surface area contributed by atoms with Gasteiger partial charge in [0.05, 0.1) is 11.3 Å². The Morgan fingerprint density at radius 1 is 1.38 bits per heavy atom. The normalized spacial score (nSPS) is 28.2. The van der Waals surface area contributed by atoms with Gasteiger partial charge < -0.3 is 15.4 Å². The zero-order chi connectivity index (χ0) is 17.9. The van der Waals surface area contributed by atoms with Crippen molar-refractivity contribution >= 4 is 11.8 Å². The number of carbonyl (C=O) groups is 1. The van der Waals surface area contributed by atoms with E-state index in [4.69, 9.17) is 10.5 Å². The second-order valence-corrected chi connectivity index (χ2v) is 7.89. The Hall–Kier alpha value is -1.85. The highest BCUT2D eigenvalue weighted by molar-refractivity contribution is 5.69. The fourth-order valence-electron chi connectivity index (χ4n) is 3.75. The molecule has 1 aliphatic carbocycles. The van der Waals surface area contributed by atoms with E-state index in [1.165, 1.54) is 4.90 Å². The zero-order valence-corrected chi connectivity index (χ0v) is 14.5. The number of piperidine rings is 1. The predicted molar refractivity (Wildman–Crippen MR) is 88.1 cm³/mol. The van der Waals surface area contributed by atoms with Crippen LogP contribution in [0.1, 0.15) is 38.3 Å². The predicted octanol–water partition coefficient (Wildman–Crippen LogP) is 3.72. The SMILES string of the molecule is Cc1cc([C@]23CCN(C(=O)OC(C)(C)C)C[C@H]2C3(F)F)ccc1N. The lowest BCUT2D eigenvalue weighted by atomic mass is 9.86. The molecule has 1 saturated heterocycles. The number of hydrogen-bond donors (Lipinski definition) is 1. The second-order valence-electron chi connectivity index (χ2n) is 7.89. The highest BCUT2D eigenvalue weighted by Gasteiger charge is 2.82. The van der Waals surface area contributed by atoms with Crippen molar-refractivity contribution in [1.82, 2.24) is 4.90 Å². The van der Waals surface area contributed by atoms with E-state index >= 15 is 0 Å². The van der Waals surface area contributed by atoms with Gasteiger partial charge in [-0.2, -0.15) is 0 Å². The Morgan fingerprint density at radius 3 is 2.58 bits per heavy atom. The maximum absolute atomic E-state index is 14.6. The number of carbonyl (C=O) groups excluding carboxylic acids is 1. The van der Waals surface area contributed by atoms with Gasteiger partial charge in [0.2, 0.25) is 0 Å². The maximum atomic E-state index is 14.6. The Labute approximate surface area is 141 Å². The molecule has 24 heavy (non-hydrogen) atoms. The number of nitrogen functional groups attached to an aromatic ring is 1. The van der Waals surface area contributed by atoms with E-state index in [2.05, 4.69) is 0 Å². The van der Waals surface area contributed by atoms with Crippen LogP contribution >= 0.6 is 0 Å². The number of benzene rings is 1. The zero-order valence-electron chi connectivity index (χ0n) is 14.5. The maximum Gasteiger partial charge on any atom is 0.410 e. The monoisotopic (exact) mass is 338 g/mol. The number of fused-ring (bicyclic) bond motifs is 1. The molecule has 0 bridgehead atoms. The summed E-state index contributed by atoms with van der Waals surface area (Å²) in [6.45, 7) is 7.41. The van der Waals surface area contributed by atoms with E-state index in [0.717, 1.165) is 5.56 Å². The molecule has 0 unspecified atom stereocenters. The van der Waals surface area contributed by atoms with Crippen LogP contribution in [0.15, 0.2) is 18.2 Å². The van der Waals surface area contributed by atoms with Crippen molar-refractivity contribution in [1.29, 1.82) is 0 Å². The fourth-order valence-corrected chi connectivity index (χ4v) is 3.75. The van der Waals surface area contributed by atoms with Crippen LogP contribution in [0, 0.1) is 12.8 Å². The first-order valence-electron chi connectivity index (χ1n) is 8.21. The first-order valence-corrected chi connectivity index (χ1v) is 8.21. The molecule has 6 heteroatoms. The minimum Gasteiger partial charge on any atom is -0.444 e. The molecular formula is C18H24F2N2O2. The average molecular weight is 338 g/mol. The molecule has 0 spiro atoms. The molecule has 132 valence electrons. The first kappa shape index (κ1) is 17.0. The highest BCUT2D eigenvalue weighted by Crippen LogP contribution is 2.70. The summed E-state index contributed by atoms with van der Waals surface area (Å²) < 4.78 is 34.6. The summed E-state index contributed by atoms with van der Waals surface area (Å²) in [5, 5.41) is 0. The molecule has 2 N–H and O–H groups in total. The first-order chi connectivity index (χ1) is 11.0. The number of likely N-dealkylation sites (tertiary alicyclic amines) is 1. The molecule has 2 fully saturated rings. The smallest absolute Gasteiger partial charge is 0.410 e. The van der Waals surface area contributed by atoms with Gasteiger partial charge in [0.25, 0.3) is 5.92 Å². The van der Waals surface area contributed by atoms with Crippen LogP contribution in [-0.4, -0.2) is 35.6 Å². The van der Waals surface area contributed by atoms with Crippen LogP contribution in [0.3, 0.4) is 0 Å². The number of nitrogens with zero attached hydrogens (tertiary/aromatic N) is 1. The molecule has 0 aromatic heterocycles. The number of halogens is 2. The summed E-state index contributed by atoms with van der Waals surface area (Å²) in [5.74, 6) is -3.68. The van der Waals surface area contributed by atoms with E-state index in [-0.39, 0.29) is 19.5 Å². The van der Waals surface area contributed by atoms with Gasteiger partial charge in [0, 0.05) is 18.8 Å². The summed E-state index contributed by atoms with van der Waals surface area (Å²) >= 11 is 0. The number of anilines is 1. The third-order valence-electron chi connectivity index (χ3n) is 5.16. The van der Waals surface area contributed by atoms with Crippen molar-refractivity contribution < 1.29 is 18.3 Å². The van der Waals surface area contributed by atoms with E-state index in [1.54, 1.807) is 39.0 Å². The fraction of sp³-hybridized carbons (Fsp3) is 0.611. The lowest BCUT2D eigenvalue weighted by Crippen LogP contribution is -2.43. The second kappa shape index (κ2) is 5.07. The van der Waals surface area contributed by atoms with Crippen LogP contribution in [0.25, 0.3) is 0 Å². The van der Waals surface area contributed by atoms with Gasteiger partial charge in [0.15, 0.2) is 0 Å². The number of ether oxygens (including phenoxy) is 1. The van der Waals surface area contributed by atoms with Gasteiger partial charge in [-0.05, 0) is 51.3 Å². The molecule has 3 rings (SSSR count). The van der Waals surface area contributed by atoms with E-state index in [1.807, 2.05) is 6.92 Å². The third-order valence-corrected chi connectivity index (χ3v) is 5.16. The quantitative estimate of drug-likeness (QED) is 0.794. The van der Waals surface area contributed by atoms with Gasteiger partial charge in [0.1, 0.15) is 5.60 Å². The third kappa shape index (κ3) is 2.43. The molecule has 1 aromatic carbocycles. The largest absolute Gasteiger partial charge is 0.444 e. The molecule has 2 aliphatic rings. The summed E-state index contributed by atoms with van der Waals surface area (Å²) in [7, 11) is 0. The Morgan fingerprint density at radius 2 is 2.04 bits per heavy atom. The minimum atomic E-state index is -2.81. The number of aryl methyl sites for hydroxylation is 1. The van der Waals surface area contributed by atoms with Gasteiger partial charge in [-0.1, -0.05) is 12.1 Å². The molecule has 4 nitrogen and oxygen atoms in total. The molecule has 0 radical (unpaired) electrons. The Kier molecular flexibility index (Phi) is 3.59. The van der Waals surface area contributed by atoms with Crippen molar-refractivity contribution in [2.24, 2.45) is 5.92 Å². The summed E-state index contributed by atoms with van der Waals surface area (Å²) in [4.78, 5) is 13.6. The average Bonchev–Trinajstić information content (AvgIpc) is 2.97. The van der Waals surface area contributed by atoms with Crippen molar-refractivity contribution in [3.8, 4) is 0 Å². The van der Waals surface area contributed by atoms with Gasteiger partial charge in [-0.25, -0.2) is 13.6 Å². The minimum absolute atomic E-state index is 0.0192. The summed E-state index contributed by atoms with van der Waals surface area (Å²) in [6, 6.07) is 5.14. The highest BCUT2D eigenvalue weighted by atomic mass is 19.3. The number of rotatable bonds is 1. The van der Waals surface area contributed by atoms with Crippen molar-refractivity contribution in [2.45, 2.75) is 51.1 Å². The van der Waals surface area contributed by atoms with Crippen LogP contribution in [0.5, 0.6) is 0 Å².